The molecule has 0 radical (unpaired) electrons. The number of halogens is 4. The van der Waals surface area contributed by atoms with Crippen LogP contribution in [-0.2, 0) is 4.79 Å². The van der Waals surface area contributed by atoms with Crippen molar-refractivity contribution in [1.29, 1.82) is 5.26 Å². The number of hydrogen-bond donors (Lipinski definition) is 1. The molecular formula is C21H18F4N4O. The van der Waals surface area contributed by atoms with Gasteiger partial charge < -0.3 is 5.32 Å². The molecule has 1 N–H and O–H groups in total. The van der Waals surface area contributed by atoms with Crippen LogP contribution in [0.25, 0.3) is 10.9 Å². The number of nitrogens with zero attached hydrogens (tertiary/aromatic N) is 3. The second kappa shape index (κ2) is 8.14. The molecule has 5 nitrogen and oxygen atoms in total. The molecule has 0 aliphatic heterocycles. The fourth-order valence-electron chi connectivity index (χ4n) is 3.24. The molecule has 1 aromatic heterocycles. The number of rotatable bonds is 6. The summed E-state index contributed by atoms with van der Waals surface area (Å²) >= 11 is 0. The van der Waals surface area contributed by atoms with Gasteiger partial charge in [0.2, 0.25) is 0 Å². The maximum Gasteiger partial charge on any atom is 0.321 e. The van der Waals surface area contributed by atoms with Crippen molar-refractivity contribution in [3.05, 3.63) is 65.4 Å². The summed E-state index contributed by atoms with van der Waals surface area (Å²) in [6.07, 6.45) is -1.14. The number of carbonyl (C=O) groups excluding carboxylic acids is 1. The second-order valence-corrected chi connectivity index (χ2v) is 7.04. The minimum atomic E-state index is -3.58. The van der Waals surface area contributed by atoms with Crippen molar-refractivity contribution in [3.8, 4) is 6.07 Å². The Hall–Kier alpha value is -3.41. The highest BCUT2D eigenvalue weighted by Crippen LogP contribution is 2.29. The highest BCUT2D eigenvalue weighted by molar-refractivity contribution is 5.83. The fourth-order valence-corrected chi connectivity index (χ4v) is 3.24. The summed E-state index contributed by atoms with van der Waals surface area (Å²) in [7, 11) is 0. The van der Waals surface area contributed by atoms with Crippen molar-refractivity contribution >= 4 is 16.8 Å². The third-order valence-electron chi connectivity index (χ3n) is 4.75. The van der Waals surface area contributed by atoms with E-state index in [1.165, 1.54) is 42.1 Å². The van der Waals surface area contributed by atoms with Gasteiger partial charge in [-0.05, 0) is 30.7 Å². The van der Waals surface area contributed by atoms with Crippen LogP contribution >= 0.6 is 0 Å². The van der Waals surface area contributed by atoms with Crippen molar-refractivity contribution in [2.45, 2.75) is 38.3 Å². The van der Waals surface area contributed by atoms with Gasteiger partial charge in [-0.2, -0.15) is 19.1 Å². The average Bonchev–Trinajstić information content (AvgIpc) is 3.10. The molecule has 0 spiro atoms. The number of nitrogens with one attached hydrogen (secondary N) is 1. The largest absolute Gasteiger partial charge is 0.346 e. The Kier molecular flexibility index (Phi) is 5.78. The molecule has 3 rings (SSSR count). The predicted octanol–water partition coefficient (Wildman–Crippen LogP) is 4.59. The summed E-state index contributed by atoms with van der Waals surface area (Å²) in [5.41, 5.74) is 1.34. The zero-order valence-corrected chi connectivity index (χ0v) is 16.1. The molecule has 30 heavy (non-hydrogen) atoms. The van der Waals surface area contributed by atoms with Gasteiger partial charge in [0.15, 0.2) is 0 Å². The van der Waals surface area contributed by atoms with Crippen molar-refractivity contribution in [1.82, 2.24) is 15.1 Å². The Labute approximate surface area is 169 Å². The van der Waals surface area contributed by atoms with Crippen LogP contribution in [0.15, 0.2) is 48.7 Å². The van der Waals surface area contributed by atoms with Gasteiger partial charge >= 0.3 is 5.92 Å². The number of carbonyl (C=O) groups is 1. The van der Waals surface area contributed by atoms with Crippen molar-refractivity contribution in [2.24, 2.45) is 0 Å². The van der Waals surface area contributed by atoms with Crippen molar-refractivity contribution in [2.75, 3.05) is 0 Å². The van der Waals surface area contributed by atoms with Gasteiger partial charge in [0.1, 0.15) is 0 Å². The average molecular weight is 418 g/mol. The molecule has 0 saturated carbocycles. The molecule has 3 aromatic rings. The molecule has 0 saturated heterocycles. The van der Waals surface area contributed by atoms with Crippen molar-refractivity contribution in [3.63, 3.8) is 0 Å². The van der Waals surface area contributed by atoms with Gasteiger partial charge in [0.05, 0.1) is 35.4 Å². The van der Waals surface area contributed by atoms with Crippen LogP contribution in [0.4, 0.5) is 17.6 Å². The first-order valence-corrected chi connectivity index (χ1v) is 9.06. The number of hydrogen-bond acceptors (Lipinski definition) is 3. The quantitative estimate of drug-likeness (QED) is 0.595. The van der Waals surface area contributed by atoms with Crippen LogP contribution < -0.4 is 5.32 Å². The smallest absolute Gasteiger partial charge is 0.321 e. The number of fused-ring (bicyclic) bond motifs is 1. The number of aromatic nitrogens is 2. The highest BCUT2D eigenvalue weighted by Gasteiger charge is 2.35. The zero-order chi connectivity index (χ0) is 22.1. The molecule has 2 aromatic carbocycles. The number of amides is 1. The Morgan fingerprint density at radius 3 is 2.37 bits per heavy atom. The second-order valence-electron chi connectivity index (χ2n) is 7.04. The third kappa shape index (κ3) is 4.27. The lowest BCUT2D eigenvalue weighted by atomic mass is 9.98. The number of nitriles is 1. The minimum Gasteiger partial charge on any atom is -0.346 e. The summed E-state index contributed by atoms with van der Waals surface area (Å²) in [5, 5.41) is 16.3. The van der Waals surface area contributed by atoms with E-state index in [0.29, 0.717) is 29.0 Å². The van der Waals surface area contributed by atoms with Gasteiger partial charge in [-0.15, -0.1) is 0 Å². The summed E-state index contributed by atoms with van der Waals surface area (Å²) in [4.78, 5) is 11.8. The molecule has 1 amide bonds. The van der Waals surface area contributed by atoms with E-state index in [4.69, 9.17) is 5.26 Å². The van der Waals surface area contributed by atoms with E-state index in [1.54, 1.807) is 18.2 Å². The molecule has 0 fully saturated rings. The molecule has 9 heteroatoms. The molecular weight excluding hydrogens is 400 g/mol. The summed E-state index contributed by atoms with van der Waals surface area (Å²) < 4.78 is 54.2. The van der Waals surface area contributed by atoms with E-state index >= 15 is 0 Å². The summed E-state index contributed by atoms with van der Waals surface area (Å²) in [5.74, 6) is -5.03. The first kappa shape index (κ1) is 21.3. The maximum atomic E-state index is 13.4. The summed E-state index contributed by atoms with van der Waals surface area (Å²) in [6, 6.07) is 10.7. The Morgan fingerprint density at radius 2 is 1.80 bits per heavy atom. The van der Waals surface area contributed by atoms with Crippen LogP contribution in [0.3, 0.4) is 0 Å². The fraction of sp³-hybridized carbons (Fsp3) is 0.286. The minimum absolute atomic E-state index is 0.182. The molecule has 0 aliphatic carbocycles. The van der Waals surface area contributed by atoms with E-state index in [0.717, 1.165) is 0 Å². The van der Waals surface area contributed by atoms with Crippen LogP contribution in [0, 0.1) is 11.3 Å². The van der Waals surface area contributed by atoms with Gasteiger partial charge in [-0.1, -0.05) is 24.3 Å². The van der Waals surface area contributed by atoms with Gasteiger partial charge in [0, 0.05) is 17.9 Å². The van der Waals surface area contributed by atoms with Crippen molar-refractivity contribution < 1.29 is 22.4 Å². The van der Waals surface area contributed by atoms with Crippen LogP contribution in [0.5, 0.6) is 0 Å². The third-order valence-corrected chi connectivity index (χ3v) is 4.75. The van der Waals surface area contributed by atoms with Crippen LogP contribution in [0.1, 0.15) is 43.0 Å². The van der Waals surface area contributed by atoms with Gasteiger partial charge in [-0.3, -0.25) is 9.48 Å². The maximum absolute atomic E-state index is 13.4. The topological polar surface area (TPSA) is 70.7 Å². The lowest BCUT2D eigenvalue weighted by Gasteiger charge is -2.27. The zero-order valence-electron chi connectivity index (χ0n) is 16.1. The monoisotopic (exact) mass is 418 g/mol. The predicted molar refractivity (Wildman–Crippen MR) is 102 cm³/mol. The molecule has 156 valence electrons. The van der Waals surface area contributed by atoms with E-state index in [-0.39, 0.29) is 5.56 Å². The number of benzene rings is 2. The SMILES string of the molecule is C[C@H](NC(=O)C(C)(F)F)[C@@H](c1ccc(C(F)F)cc1)n1ncc2cc(C#N)ccc21. The Bertz CT molecular complexity index is 1100. The lowest BCUT2D eigenvalue weighted by molar-refractivity contribution is -0.143. The van der Waals surface area contributed by atoms with Crippen LogP contribution in [0.2, 0.25) is 0 Å². The molecule has 0 aliphatic rings. The highest BCUT2D eigenvalue weighted by atomic mass is 19.3. The van der Waals surface area contributed by atoms with Crippen LogP contribution in [-0.4, -0.2) is 27.7 Å². The Balaban J connectivity index is 2.08. The Morgan fingerprint density at radius 1 is 1.17 bits per heavy atom. The molecule has 1 heterocycles. The first-order valence-electron chi connectivity index (χ1n) is 9.06. The van der Waals surface area contributed by atoms with Gasteiger partial charge in [0.25, 0.3) is 12.3 Å². The number of alkyl halides is 4. The van der Waals surface area contributed by atoms with Gasteiger partial charge in [-0.25, -0.2) is 8.78 Å². The summed E-state index contributed by atoms with van der Waals surface area (Å²) in [6.45, 7) is 2.03. The van der Waals surface area contributed by atoms with E-state index < -0.39 is 30.3 Å². The first-order chi connectivity index (χ1) is 14.1. The normalized spacial score (nSPS) is 13.8. The molecule has 0 bridgehead atoms. The molecule has 0 unspecified atom stereocenters. The van der Waals surface area contributed by atoms with E-state index in [1.807, 2.05) is 6.07 Å². The van der Waals surface area contributed by atoms with E-state index in [2.05, 4.69) is 10.4 Å². The molecule has 2 atom stereocenters. The lowest BCUT2D eigenvalue weighted by Crippen LogP contribution is -2.46. The van der Waals surface area contributed by atoms with E-state index in [9.17, 15) is 22.4 Å². The standard InChI is InChI=1S/C21H18F4N4O/c1-12(28-20(30)21(2,24)25)18(14-4-6-15(7-5-14)19(22)23)29-17-8-3-13(10-26)9-16(17)11-27-29/h3-9,11-12,18-19H,1-2H3,(H,28,30)/t12-,18-/m0/s1.